The smallest absolute Gasteiger partial charge is 0.226 e. The highest BCUT2D eigenvalue weighted by atomic mass is 19.1. The monoisotopic (exact) mass is 429 g/mol. The standard InChI is InChI=1S/C26H36FNO3/c1-3-20(17-27)18-31-22-7-5-21(6-8-22)24-11-14-25(15-12-24,16-13-24)23(29)28-19-26(30-2)9-4-10-26/h5-8,17H,3-4,9-16,18-19H2,1-2H3,(H,28,29)/b20-17+. The highest BCUT2D eigenvalue weighted by Gasteiger charge is 2.53. The van der Waals surface area contributed by atoms with Crippen LogP contribution in [0.25, 0.3) is 0 Å². The molecule has 5 rings (SSSR count). The molecular weight excluding hydrogens is 393 g/mol. The number of benzene rings is 1. The summed E-state index contributed by atoms with van der Waals surface area (Å²) >= 11 is 0. The molecule has 1 N–H and O–H groups in total. The maximum absolute atomic E-state index is 13.1. The lowest BCUT2D eigenvalue weighted by Gasteiger charge is -2.53. The highest BCUT2D eigenvalue weighted by molar-refractivity contribution is 5.83. The Morgan fingerprint density at radius 2 is 1.71 bits per heavy atom. The summed E-state index contributed by atoms with van der Waals surface area (Å²) in [7, 11) is 1.76. The van der Waals surface area contributed by atoms with Gasteiger partial charge in [0.15, 0.2) is 0 Å². The van der Waals surface area contributed by atoms with Crippen molar-refractivity contribution in [2.24, 2.45) is 5.41 Å². The summed E-state index contributed by atoms with van der Waals surface area (Å²) in [6.07, 6.45) is 10.6. The molecular formula is C26H36FNO3. The number of rotatable bonds is 9. The van der Waals surface area contributed by atoms with Crippen LogP contribution in [-0.2, 0) is 14.9 Å². The molecule has 4 aliphatic carbocycles. The number of hydrogen-bond acceptors (Lipinski definition) is 3. The Morgan fingerprint density at radius 3 is 2.19 bits per heavy atom. The normalized spacial score (nSPS) is 29.3. The lowest BCUT2D eigenvalue weighted by atomic mass is 9.51. The molecule has 170 valence electrons. The first kappa shape index (κ1) is 22.3. The Bertz CT molecular complexity index is 782. The molecule has 4 fully saturated rings. The average molecular weight is 430 g/mol. The number of fused-ring (bicyclic) bond motifs is 3. The Balaban J connectivity index is 1.34. The zero-order valence-corrected chi connectivity index (χ0v) is 19.0. The third-order valence-electron chi connectivity index (χ3n) is 8.50. The summed E-state index contributed by atoms with van der Waals surface area (Å²) in [6, 6.07) is 8.33. The van der Waals surface area contributed by atoms with Crippen molar-refractivity contribution in [1.29, 1.82) is 0 Å². The van der Waals surface area contributed by atoms with Crippen LogP contribution in [0.4, 0.5) is 4.39 Å². The van der Waals surface area contributed by atoms with Crippen LogP contribution in [-0.4, -0.2) is 31.8 Å². The van der Waals surface area contributed by atoms with E-state index in [-0.39, 0.29) is 22.3 Å². The van der Waals surface area contributed by atoms with Gasteiger partial charge in [-0.3, -0.25) is 4.79 Å². The molecule has 31 heavy (non-hydrogen) atoms. The quantitative estimate of drug-likeness (QED) is 0.555. The van der Waals surface area contributed by atoms with Crippen molar-refractivity contribution in [3.05, 3.63) is 41.7 Å². The fourth-order valence-electron chi connectivity index (χ4n) is 5.70. The number of amides is 1. The fraction of sp³-hybridized carbons (Fsp3) is 0.654. The highest BCUT2D eigenvalue weighted by Crippen LogP contribution is 2.58. The summed E-state index contributed by atoms with van der Waals surface area (Å²) in [5, 5.41) is 3.24. The first-order valence-electron chi connectivity index (χ1n) is 11.8. The second-order valence-corrected chi connectivity index (χ2v) is 9.92. The van der Waals surface area contributed by atoms with E-state index >= 15 is 0 Å². The van der Waals surface area contributed by atoms with Gasteiger partial charge in [-0.05, 0) is 92.9 Å². The summed E-state index contributed by atoms with van der Waals surface area (Å²) in [6.45, 7) is 2.86. The molecule has 1 aromatic rings. The predicted molar refractivity (Wildman–Crippen MR) is 120 cm³/mol. The van der Waals surface area contributed by atoms with E-state index in [1.165, 1.54) is 12.0 Å². The van der Waals surface area contributed by atoms with Crippen molar-refractivity contribution in [2.75, 3.05) is 20.3 Å². The first-order chi connectivity index (χ1) is 15.0. The van der Waals surface area contributed by atoms with Gasteiger partial charge in [-0.25, -0.2) is 4.39 Å². The maximum Gasteiger partial charge on any atom is 0.226 e. The summed E-state index contributed by atoms with van der Waals surface area (Å²) in [5.74, 6) is 1.01. The molecule has 0 heterocycles. The topological polar surface area (TPSA) is 47.6 Å². The zero-order valence-electron chi connectivity index (χ0n) is 19.0. The van der Waals surface area contributed by atoms with Crippen molar-refractivity contribution >= 4 is 5.91 Å². The van der Waals surface area contributed by atoms with E-state index in [1.54, 1.807) is 7.11 Å². The average Bonchev–Trinajstić information content (AvgIpc) is 2.81. The maximum atomic E-state index is 13.1. The molecule has 5 heteroatoms. The number of ether oxygens (including phenoxy) is 2. The number of halogens is 1. The van der Waals surface area contributed by atoms with Gasteiger partial charge < -0.3 is 14.8 Å². The Labute approximate surface area is 185 Å². The van der Waals surface area contributed by atoms with E-state index in [2.05, 4.69) is 17.4 Å². The van der Waals surface area contributed by atoms with Crippen molar-refractivity contribution in [3.63, 3.8) is 0 Å². The Hall–Kier alpha value is -1.88. The van der Waals surface area contributed by atoms with E-state index in [9.17, 15) is 9.18 Å². The first-order valence-corrected chi connectivity index (χ1v) is 11.8. The molecule has 0 atom stereocenters. The summed E-state index contributed by atoms with van der Waals surface area (Å²) in [5.41, 5.74) is 1.86. The number of nitrogens with one attached hydrogen (secondary N) is 1. The zero-order chi connectivity index (χ0) is 22.0. The molecule has 1 aromatic carbocycles. The molecule has 0 aliphatic heterocycles. The molecule has 0 saturated heterocycles. The third-order valence-corrected chi connectivity index (χ3v) is 8.50. The summed E-state index contributed by atoms with van der Waals surface area (Å²) in [4.78, 5) is 13.1. The number of carbonyl (C=O) groups is 1. The third kappa shape index (κ3) is 4.26. The van der Waals surface area contributed by atoms with E-state index in [0.717, 1.165) is 57.1 Å². The van der Waals surface area contributed by atoms with Crippen molar-refractivity contribution in [1.82, 2.24) is 5.32 Å². The van der Waals surface area contributed by atoms with Crippen LogP contribution in [0.1, 0.15) is 76.7 Å². The van der Waals surface area contributed by atoms with Gasteiger partial charge in [-0.1, -0.05) is 19.1 Å². The van der Waals surface area contributed by atoms with Gasteiger partial charge >= 0.3 is 0 Å². The van der Waals surface area contributed by atoms with E-state index in [4.69, 9.17) is 9.47 Å². The fourth-order valence-corrected chi connectivity index (χ4v) is 5.70. The number of methoxy groups -OCH3 is 1. The lowest BCUT2D eigenvalue weighted by molar-refractivity contribution is -0.141. The molecule has 0 unspecified atom stereocenters. The lowest BCUT2D eigenvalue weighted by Crippen LogP contribution is -2.55. The van der Waals surface area contributed by atoms with Crippen LogP contribution < -0.4 is 10.1 Å². The van der Waals surface area contributed by atoms with Gasteiger partial charge in [0, 0.05) is 19.1 Å². The van der Waals surface area contributed by atoms with Gasteiger partial charge in [0.05, 0.1) is 11.9 Å². The predicted octanol–water partition coefficient (Wildman–Crippen LogP) is 5.61. The summed E-state index contributed by atoms with van der Waals surface area (Å²) < 4.78 is 24.1. The van der Waals surface area contributed by atoms with Gasteiger partial charge in [-0.15, -0.1) is 0 Å². The number of hydrogen-bond donors (Lipinski definition) is 1. The second kappa shape index (κ2) is 8.93. The van der Waals surface area contributed by atoms with Crippen LogP contribution in [0, 0.1) is 5.41 Å². The van der Waals surface area contributed by atoms with Crippen molar-refractivity contribution < 1.29 is 18.7 Å². The van der Waals surface area contributed by atoms with E-state index < -0.39 is 0 Å². The number of carbonyl (C=O) groups excluding carboxylic acids is 1. The SMILES string of the molecule is CC/C(=C\F)COc1ccc(C23CCC(C(=O)NCC4(OC)CCC4)(CC2)CC3)cc1. The van der Waals surface area contributed by atoms with Gasteiger partial charge in [0.25, 0.3) is 0 Å². The van der Waals surface area contributed by atoms with E-state index in [1.807, 2.05) is 19.1 Å². The molecule has 1 amide bonds. The van der Waals surface area contributed by atoms with Crippen LogP contribution >= 0.6 is 0 Å². The molecule has 4 aliphatic rings. The van der Waals surface area contributed by atoms with Crippen molar-refractivity contribution in [3.8, 4) is 5.75 Å². The molecule has 0 radical (unpaired) electrons. The second-order valence-electron chi connectivity index (χ2n) is 9.92. The Kier molecular flexibility index (Phi) is 6.43. The minimum absolute atomic E-state index is 0.124. The minimum atomic E-state index is -0.196. The minimum Gasteiger partial charge on any atom is -0.489 e. The molecule has 0 aromatic heterocycles. The molecule has 4 saturated carbocycles. The van der Waals surface area contributed by atoms with Crippen LogP contribution in [0.2, 0.25) is 0 Å². The van der Waals surface area contributed by atoms with Gasteiger partial charge in [-0.2, -0.15) is 0 Å². The van der Waals surface area contributed by atoms with Gasteiger partial charge in [0.1, 0.15) is 12.4 Å². The van der Waals surface area contributed by atoms with Crippen LogP contribution in [0.3, 0.4) is 0 Å². The van der Waals surface area contributed by atoms with Gasteiger partial charge in [0.2, 0.25) is 5.91 Å². The van der Waals surface area contributed by atoms with Crippen LogP contribution in [0.15, 0.2) is 36.2 Å². The molecule has 2 bridgehead atoms. The van der Waals surface area contributed by atoms with Crippen LogP contribution in [0.5, 0.6) is 5.75 Å². The molecule has 0 spiro atoms. The van der Waals surface area contributed by atoms with E-state index in [0.29, 0.717) is 31.5 Å². The Morgan fingerprint density at radius 1 is 1.06 bits per heavy atom. The largest absolute Gasteiger partial charge is 0.489 e. The molecule has 4 nitrogen and oxygen atoms in total. The van der Waals surface area contributed by atoms with Crippen molar-refractivity contribution in [2.45, 2.75) is 82.1 Å².